The van der Waals surface area contributed by atoms with E-state index in [1.165, 1.54) is 17.5 Å². The predicted octanol–water partition coefficient (Wildman–Crippen LogP) is -1.29. The maximum atomic E-state index is 13.0. The molecule has 2 aliphatic heterocycles. The summed E-state index contributed by atoms with van der Waals surface area (Å²) in [5.74, 6) is -3.93. The van der Waals surface area contributed by atoms with Gasteiger partial charge in [0.05, 0.1) is 23.9 Å². The lowest BCUT2D eigenvalue weighted by Gasteiger charge is -2.26. The molecule has 1 aromatic rings. The fraction of sp³-hybridized carbons (Fsp3) is 0.353. The average molecular weight is 433 g/mol. The molecule has 3 atom stereocenters. The number of ether oxygens (including phenoxy) is 1. The van der Waals surface area contributed by atoms with Crippen LogP contribution in [0.4, 0.5) is 5.13 Å². The third-order valence-corrected chi connectivity index (χ3v) is 5.53. The van der Waals surface area contributed by atoms with Crippen molar-refractivity contribution in [3.8, 4) is 6.07 Å². The number of nitrogen functional groups attached to an aromatic ring is 1. The van der Waals surface area contributed by atoms with Crippen LogP contribution in [0.3, 0.4) is 0 Å². The average Bonchev–Trinajstić information content (AvgIpc) is 3.38. The van der Waals surface area contributed by atoms with E-state index < -0.39 is 35.5 Å². The monoisotopic (exact) mass is 433 g/mol. The minimum Gasteiger partial charge on any atom is -0.481 e. The Labute approximate surface area is 175 Å². The summed E-state index contributed by atoms with van der Waals surface area (Å²) in [6.07, 6.45) is 1.14. The standard InChI is InChI=1S/C17H19N7O5S/c1-3-9(14(26)27)12-8(4-18)5-23-6-10(13(25)24(12)23)21-15(28)17(20,29-2)11-7-30-16(19)22-11/h3,7,9-10H,1,5-6,20H2,2H3,(H2,19,22)(H,21,28)(H,26,27)/t9?,10-,17?/m0/s1. The number of nitriles is 1. The smallest absolute Gasteiger partial charge is 0.316 e. The number of nitrogens with one attached hydrogen (secondary N) is 1. The van der Waals surface area contributed by atoms with E-state index in [0.717, 1.165) is 22.4 Å². The summed E-state index contributed by atoms with van der Waals surface area (Å²) in [5.41, 5.74) is 9.93. The minimum absolute atomic E-state index is 0.0137. The van der Waals surface area contributed by atoms with Crippen LogP contribution in [0.15, 0.2) is 29.3 Å². The van der Waals surface area contributed by atoms with Gasteiger partial charge in [0.15, 0.2) is 5.13 Å². The fourth-order valence-electron chi connectivity index (χ4n) is 3.34. The molecule has 1 saturated heterocycles. The van der Waals surface area contributed by atoms with Crippen LogP contribution < -0.4 is 16.8 Å². The van der Waals surface area contributed by atoms with Crippen LogP contribution in [0.25, 0.3) is 0 Å². The van der Waals surface area contributed by atoms with Gasteiger partial charge in [0, 0.05) is 19.0 Å². The molecule has 12 nitrogen and oxygen atoms in total. The van der Waals surface area contributed by atoms with Crippen LogP contribution in [0.1, 0.15) is 5.69 Å². The Morgan fingerprint density at radius 3 is 2.83 bits per heavy atom. The molecule has 30 heavy (non-hydrogen) atoms. The zero-order valence-electron chi connectivity index (χ0n) is 15.9. The molecular formula is C17H19N7O5S. The molecule has 2 amide bonds. The van der Waals surface area contributed by atoms with Crippen molar-refractivity contribution in [1.82, 2.24) is 20.3 Å². The zero-order chi connectivity index (χ0) is 22.2. The van der Waals surface area contributed by atoms with Crippen LogP contribution >= 0.6 is 11.3 Å². The lowest BCUT2D eigenvalue weighted by molar-refractivity contribution is -0.148. The van der Waals surface area contributed by atoms with Crippen molar-refractivity contribution in [2.75, 3.05) is 25.9 Å². The van der Waals surface area contributed by atoms with Crippen molar-refractivity contribution in [1.29, 1.82) is 5.26 Å². The van der Waals surface area contributed by atoms with E-state index in [1.54, 1.807) is 0 Å². The maximum Gasteiger partial charge on any atom is 0.316 e. The number of amides is 2. The van der Waals surface area contributed by atoms with Gasteiger partial charge in [-0.2, -0.15) is 5.26 Å². The van der Waals surface area contributed by atoms with Crippen LogP contribution in [0.2, 0.25) is 0 Å². The molecule has 3 rings (SSSR count). The maximum absolute atomic E-state index is 13.0. The Morgan fingerprint density at radius 1 is 1.63 bits per heavy atom. The fourth-order valence-corrected chi connectivity index (χ4v) is 3.95. The Hall–Kier alpha value is -3.31. The number of aliphatic carboxylic acids is 1. The second-order valence-corrected chi connectivity index (χ2v) is 7.45. The SMILES string of the molecule is C=CC(C(=O)O)C1=C(C#N)CN2C[C@H](NC(=O)C(N)(OC)c3csc(N)n3)C(=O)N12. The van der Waals surface area contributed by atoms with Crippen LogP contribution in [-0.4, -0.2) is 64.1 Å². The third kappa shape index (κ3) is 3.31. The number of hydrogen-bond acceptors (Lipinski definition) is 10. The summed E-state index contributed by atoms with van der Waals surface area (Å²) in [6, 6.07) is 0.892. The van der Waals surface area contributed by atoms with Gasteiger partial charge in [-0.05, 0) is 0 Å². The Bertz CT molecular complexity index is 999. The topological polar surface area (TPSA) is 188 Å². The number of carboxylic acid groups (broad SMARTS) is 1. The number of hydrogen-bond donors (Lipinski definition) is 4. The second-order valence-electron chi connectivity index (χ2n) is 6.56. The lowest BCUT2D eigenvalue weighted by atomic mass is 10.0. The van der Waals surface area contributed by atoms with E-state index in [-0.39, 0.29) is 35.2 Å². The number of nitrogens with two attached hydrogens (primary N) is 2. The quantitative estimate of drug-likeness (QED) is 0.297. The number of anilines is 1. The first kappa shape index (κ1) is 21.4. The molecule has 2 aliphatic rings. The molecule has 6 N–H and O–H groups in total. The Balaban J connectivity index is 1.85. The highest BCUT2D eigenvalue weighted by Gasteiger charge is 2.50. The van der Waals surface area contributed by atoms with Crippen LogP contribution in [0, 0.1) is 17.2 Å². The summed E-state index contributed by atoms with van der Waals surface area (Å²) in [7, 11) is 1.22. The number of methoxy groups -OCH3 is 1. The van der Waals surface area contributed by atoms with E-state index in [1.807, 2.05) is 6.07 Å². The van der Waals surface area contributed by atoms with Crippen molar-refractivity contribution in [2.24, 2.45) is 11.7 Å². The van der Waals surface area contributed by atoms with Gasteiger partial charge in [0.25, 0.3) is 11.8 Å². The van der Waals surface area contributed by atoms with E-state index >= 15 is 0 Å². The first-order chi connectivity index (χ1) is 14.2. The van der Waals surface area contributed by atoms with Gasteiger partial charge in [-0.3, -0.25) is 20.1 Å². The number of carbonyl (C=O) groups excluding carboxylic acids is 2. The molecule has 3 heterocycles. The summed E-state index contributed by atoms with van der Waals surface area (Å²) in [4.78, 5) is 41.3. The third-order valence-electron chi connectivity index (χ3n) is 4.86. The first-order valence-electron chi connectivity index (χ1n) is 8.61. The second kappa shape index (κ2) is 7.84. The summed E-state index contributed by atoms with van der Waals surface area (Å²) < 4.78 is 5.15. The van der Waals surface area contributed by atoms with Crippen LogP contribution in [0.5, 0.6) is 0 Å². The number of carbonyl (C=O) groups is 3. The predicted molar refractivity (Wildman–Crippen MR) is 104 cm³/mol. The molecule has 2 unspecified atom stereocenters. The molecule has 1 aromatic heterocycles. The number of hydrazine groups is 1. The lowest BCUT2D eigenvalue weighted by Crippen LogP contribution is -2.57. The van der Waals surface area contributed by atoms with Gasteiger partial charge in [-0.15, -0.1) is 17.9 Å². The molecule has 0 saturated carbocycles. The highest BCUT2D eigenvalue weighted by Crippen LogP contribution is 2.34. The highest BCUT2D eigenvalue weighted by atomic mass is 32.1. The van der Waals surface area contributed by atoms with E-state index in [0.29, 0.717) is 0 Å². The van der Waals surface area contributed by atoms with Gasteiger partial charge in [0.1, 0.15) is 17.7 Å². The Kier molecular flexibility index (Phi) is 5.59. The number of aromatic nitrogens is 1. The molecule has 0 aliphatic carbocycles. The summed E-state index contributed by atoms with van der Waals surface area (Å²) in [5, 5.41) is 25.6. The molecular weight excluding hydrogens is 414 g/mol. The van der Waals surface area contributed by atoms with Gasteiger partial charge < -0.3 is 20.9 Å². The van der Waals surface area contributed by atoms with Crippen molar-refractivity contribution >= 4 is 34.3 Å². The van der Waals surface area contributed by atoms with Gasteiger partial charge in [0.2, 0.25) is 5.72 Å². The molecule has 0 aromatic carbocycles. The molecule has 1 fully saturated rings. The number of rotatable bonds is 7. The van der Waals surface area contributed by atoms with Crippen molar-refractivity contribution in [3.05, 3.63) is 35.0 Å². The molecule has 0 spiro atoms. The Morgan fingerprint density at radius 2 is 2.33 bits per heavy atom. The number of carboxylic acids is 1. The van der Waals surface area contributed by atoms with Gasteiger partial charge in [-0.25, -0.2) is 15.0 Å². The summed E-state index contributed by atoms with van der Waals surface area (Å²) >= 11 is 1.07. The highest BCUT2D eigenvalue weighted by molar-refractivity contribution is 7.13. The van der Waals surface area contributed by atoms with Gasteiger partial charge in [-0.1, -0.05) is 6.08 Å². The van der Waals surface area contributed by atoms with Crippen molar-refractivity contribution in [3.63, 3.8) is 0 Å². The number of fused-ring (bicyclic) bond motifs is 1. The number of nitrogens with zero attached hydrogens (tertiary/aromatic N) is 4. The van der Waals surface area contributed by atoms with Crippen LogP contribution in [-0.2, 0) is 24.8 Å². The molecule has 158 valence electrons. The van der Waals surface area contributed by atoms with E-state index in [2.05, 4.69) is 16.9 Å². The van der Waals surface area contributed by atoms with E-state index in [4.69, 9.17) is 16.2 Å². The van der Waals surface area contributed by atoms with E-state index in [9.17, 15) is 24.8 Å². The van der Waals surface area contributed by atoms with Crippen molar-refractivity contribution < 1.29 is 24.2 Å². The van der Waals surface area contributed by atoms with Crippen molar-refractivity contribution in [2.45, 2.75) is 11.8 Å². The first-order valence-corrected chi connectivity index (χ1v) is 9.49. The molecule has 13 heteroatoms. The summed E-state index contributed by atoms with van der Waals surface area (Å²) in [6.45, 7) is 3.53. The van der Waals surface area contributed by atoms with Gasteiger partial charge >= 0.3 is 5.97 Å². The largest absolute Gasteiger partial charge is 0.481 e. The zero-order valence-corrected chi connectivity index (χ0v) is 16.7. The minimum atomic E-state index is -1.97. The molecule has 0 radical (unpaired) electrons. The number of thiazole rings is 1. The normalized spacial score (nSPS) is 21.7. The molecule has 0 bridgehead atoms.